The van der Waals surface area contributed by atoms with Crippen LogP contribution in [0.3, 0.4) is 0 Å². The second-order valence-electron chi connectivity index (χ2n) is 4.92. The summed E-state index contributed by atoms with van der Waals surface area (Å²) in [6.45, 7) is 4.11. The highest BCUT2D eigenvalue weighted by molar-refractivity contribution is 7.80. The molecule has 2 rings (SSSR count). The largest absolute Gasteiger partial charge is 0.356 e. The van der Waals surface area contributed by atoms with Crippen molar-refractivity contribution in [2.24, 2.45) is 0 Å². The molecule has 0 saturated carbocycles. The highest BCUT2D eigenvalue weighted by atomic mass is 32.1. The average Bonchev–Trinajstić information content (AvgIpc) is 2.48. The lowest BCUT2D eigenvalue weighted by Gasteiger charge is -2.17. The fraction of sp³-hybridized carbons (Fsp3) is 0.235. The van der Waals surface area contributed by atoms with Crippen molar-refractivity contribution < 1.29 is 4.39 Å². The summed E-state index contributed by atoms with van der Waals surface area (Å²) in [5, 5.41) is 6.89. The van der Waals surface area contributed by atoms with Gasteiger partial charge in [0, 0.05) is 5.69 Å². The van der Waals surface area contributed by atoms with Gasteiger partial charge in [0.05, 0.1) is 6.04 Å². The van der Waals surface area contributed by atoms with Gasteiger partial charge in [-0.1, -0.05) is 31.2 Å². The van der Waals surface area contributed by atoms with Crippen molar-refractivity contribution in [3.05, 3.63) is 65.5 Å². The van der Waals surface area contributed by atoms with Gasteiger partial charge in [0.25, 0.3) is 0 Å². The van der Waals surface area contributed by atoms with Gasteiger partial charge in [0.1, 0.15) is 5.82 Å². The summed E-state index contributed by atoms with van der Waals surface area (Å²) in [7, 11) is 0. The van der Waals surface area contributed by atoms with E-state index in [0.29, 0.717) is 5.11 Å². The van der Waals surface area contributed by atoms with Gasteiger partial charge in [-0.15, -0.1) is 0 Å². The first-order valence-electron chi connectivity index (χ1n) is 7.00. The first kappa shape index (κ1) is 15.4. The van der Waals surface area contributed by atoms with E-state index in [9.17, 15) is 4.39 Å². The van der Waals surface area contributed by atoms with Crippen LogP contribution in [0.4, 0.5) is 10.1 Å². The number of hydrogen-bond donors (Lipinski definition) is 2. The van der Waals surface area contributed by atoms with E-state index in [4.69, 9.17) is 12.2 Å². The minimum atomic E-state index is -0.234. The number of rotatable bonds is 4. The molecule has 0 radical (unpaired) electrons. The Bertz CT molecular complexity index is 593. The number of benzene rings is 2. The van der Waals surface area contributed by atoms with E-state index in [2.05, 4.69) is 29.7 Å². The third-order valence-electron chi connectivity index (χ3n) is 3.34. The van der Waals surface area contributed by atoms with Crippen molar-refractivity contribution in [2.45, 2.75) is 26.3 Å². The molecule has 0 saturated heterocycles. The number of thiocarbonyl (C=S) groups is 1. The molecule has 0 spiro atoms. The molecule has 0 aliphatic carbocycles. The second kappa shape index (κ2) is 7.18. The molecule has 2 aromatic rings. The fourth-order valence-electron chi connectivity index (χ4n) is 2.02. The fourth-order valence-corrected chi connectivity index (χ4v) is 2.32. The quantitative estimate of drug-likeness (QED) is 0.817. The van der Waals surface area contributed by atoms with Gasteiger partial charge in [-0.25, -0.2) is 4.39 Å². The Morgan fingerprint density at radius 2 is 1.71 bits per heavy atom. The molecule has 1 atom stereocenters. The summed E-state index contributed by atoms with van der Waals surface area (Å²) in [5.41, 5.74) is 3.23. The van der Waals surface area contributed by atoms with Crippen LogP contribution in [0.5, 0.6) is 0 Å². The SMILES string of the molecule is CCc1ccc(NC(=S)NC(C)c2ccc(F)cc2)cc1. The Labute approximate surface area is 130 Å². The smallest absolute Gasteiger partial charge is 0.171 e. The van der Waals surface area contributed by atoms with Crippen LogP contribution in [0.2, 0.25) is 0 Å². The van der Waals surface area contributed by atoms with E-state index in [1.807, 2.05) is 19.1 Å². The second-order valence-corrected chi connectivity index (χ2v) is 5.33. The topological polar surface area (TPSA) is 24.1 Å². The lowest BCUT2D eigenvalue weighted by Crippen LogP contribution is -2.30. The predicted octanol–water partition coefficient (Wildman–Crippen LogP) is 4.44. The summed E-state index contributed by atoms with van der Waals surface area (Å²) in [5.74, 6) is -0.234. The average molecular weight is 302 g/mol. The first-order valence-corrected chi connectivity index (χ1v) is 7.41. The van der Waals surface area contributed by atoms with Crippen molar-refractivity contribution in [1.29, 1.82) is 0 Å². The zero-order valence-corrected chi connectivity index (χ0v) is 13.0. The van der Waals surface area contributed by atoms with Crippen molar-refractivity contribution in [2.75, 3.05) is 5.32 Å². The van der Waals surface area contributed by atoms with Crippen LogP contribution in [-0.2, 0) is 6.42 Å². The molecule has 2 N–H and O–H groups in total. The van der Waals surface area contributed by atoms with Gasteiger partial charge >= 0.3 is 0 Å². The van der Waals surface area contributed by atoms with Gasteiger partial charge in [0.2, 0.25) is 0 Å². The van der Waals surface area contributed by atoms with Crippen LogP contribution in [0.1, 0.15) is 31.0 Å². The molecular weight excluding hydrogens is 283 g/mol. The Balaban J connectivity index is 1.92. The maximum Gasteiger partial charge on any atom is 0.171 e. The number of anilines is 1. The van der Waals surface area contributed by atoms with Crippen LogP contribution in [-0.4, -0.2) is 5.11 Å². The normalized spacial score (nSPS) is 11.8. The van der Waals surface area contributed by atoms with Gasteiger partial charge in [-0.05, 0) is 61.0 Å². The highest BCUT2D eigenvalue weighted by Gasteiger charge is 2.07. The van der Waals surface area contributed by atoms with Crippen molar-refractivity contribution in [3.63, 3.8) is 0 Å². The number of hydrogen-bond acceptors (Lipinski definition) is 1. The first-order chi connectivity index (χ1) is 10.1. The van der Waals surface area contributed by atoms with E-state index < -0.39 is 0 Å². The maximum atomic E-state index is 12.9. The zero-order chi connectivity index (χ0) is 15.2. The van der Waals surface area contributed by atoms with Crippen LogP contribution in [0.25, 0.3) is 0 Å². The Kier molecular flexibility index (Phi) is 5.28. The molecule has 0 amide bonds. The van der Waals surface area contributed by atoms with E-state index in [1.165, 1.54) is 17.7 Å². The predicted molar refractivity (Wildman–Crippen MR) is 90.0 cm³/mol. The lowest BCUT2D eigenvalue weighted by molar-refractivity contribution is 0.624. The van der Waals surface area contributed by atoms with Gasteiger partial charge < -0.3 is 10.6 Å². The third kappa shape index (κ3) is 4.53. The molecule has 2 aromatic carbocycles. The van der Waals surface area contributed by atoms with Gasteiger partial charge in [0.15, 0.2) is 5.11 Å². The molecule has 0 aromatic heterocycles. The van der Waals surface area contributed by atoms with Crippen molar-refractivity contribution in [1.82, 2.24) is 5.32 Å². The van der Waals surface area contributed by atoms with Crippen LogP contribution >= 0.6 is 12.2 Å². The number of aryl methyl sites for hydroxylation is 1. The summed E-state index contributed by atoms with van der Waals surface area (Å²) >= 11 is 5.30. The molecule has 0 aliphatic rings. The van der Waals surface area contributed by atoms with E-state index >= 15 is 0 Å². The summed E-state index contributed by atoms with van der Waals surface area (Å²) in [6, 6.07) is 14.6. The van der Waals surface area contributed by atoms with Gasteiger partial charge in [-0.3, -0.25) is 0 Å². The van der Waals surface area contributed by atoms with E-state index in [0.717, 1.165) is 17.7 Å². The highest BCUT2D eigenvalue weighted by Crippen LogP contribution is 2.14. The standard InChI is InChI=1S/C17H19FN2S/c1-3-13-4-10-16(11-5-13)20-17(21)19-12(2)14-6-8-15(18)9-7-14/h4-12H,3H2,1-2H3,(H2,19,20,21). The molecule has 0 fully saturated rings. The summed E-state index contributed by atoms with van der Waals surface area (Å²) in [4.78, 5) is 0. The van der Waals surface area contributed by atoms with Gasteiger partial charge in [-0.2, -0.15) is 0 Å². The lowest BCUT2D eigenvalue weighted by atomic mass is 10.1. The van der Waals surface area contributed by atoms with Crippen LogP contribution in [0.15, 0.2) is 48.5 Å². The van der Waals surface area contributed by atoms with Crippen LogP contribution in [0, 0.1) is 5.82 Å². The molecule has 2 nitrogen and oxygen atoms in total. The third-order valence-corrected chi connectivity index (χ3v) is 3.56. The van der Waals surface area contributed by atoms with E-state index in [1.54, 1.807) is 12.1 Å². The molecule has 110 valence electrons. The minimum Gasteiger partial charge on any atom is -0.356 e. The molecule has 1 unspecified atom stereocenters. The number of halogens is 1. The zero-order valence-electron chi connectivity index (χ0n) is 12.2. The van der Waals surface area contributed by atoms with E-state index in [-0.39, 0.29) is 11.9 Å². The maximum absolute atomic E-state index is 12.9. The Morgan fingerprint density at radius 3 is 2.29 bits per heavy atom. The Morgan fingerprint density at radius 1 is 1.10 bits per heavy atom. The Hall–Kier alpha value is -1.94. The summed E-state index contributed by atoms with van der Waals surface area (Å²) in [6.07, 6.45) is 1.02. The van der Waals surface area contributed by atoms with Crippen LogP contribution < -0.4 is 10.6 Å². The number of nitrogens with one attached hydrogen (secondary N) is 2. The molecule has 0 aliphatic heterocycles. The molecular formula is C17H19FN2S. The molecule has 0 bridgehead atoms. The molecule has 0 heterocycles. The van der Waals surface area contributed by atoms with Crippen molar-refractivity contribution >= 4 is 23.0 Å². The molecule has 4 heteroatoms. The van der Waals surface area contributed by atoms with Crippen molar-refractivity contribution in [3.8, 4) is 0 Å². The summed E-state index contributed by atoms with van der Waals surface area (Å²) < 4.78 is 12.9. The molecule has 21 heavy (non-hydrogen) atoms. The monoisotopic (exact) mass is 302 g/mol. The minimum absolute atomic E-state index is 0.0144.